The molecule has 0 bridgehead atoms. The van der Waals surface area contributed by atoms with Crippen LogP contribution in [0.25, 0.3) is 0 Å². The molecule has 1 unspecified atom stereocenters. The lowest BCUT2D eigenvalue weighted by Crippen LogP contribution is -2.32. The lowest BCUT2D eigenvalue weighted by Gasteiger charge is -2.27. The molecule has 142 valence electrons. The van der Waals surface area contributed by atoms with E-state index in [0.717, 1.165) is 16.9 Å². The second-order valence-corrected chi connectivity index (χ2v) is 6.56. The summed E-state index contributed by atoms with van der Waals surface area (Å²) in [6.07, 6.45) is 1.25. The molecule has 0 radical (unpaired) electrons. The van der Waals surface area contributed by atoms with Crippen molar-refractivity contribution >= 4 is 17.3 Å². The smallest absolute Gasteiger partial charge is 0.262 e. The summed E-state index contributed by atoms with van der Waals surface area (Å²) >= 11 is 0. The van der Waals surface area contributed by atoms with Gasteiger partial charge in [0.15, 0.2) is 6.17 Å². The van der Waals surface area contributed by atoms with Crippen LogP contribution in [0.15, 0.2) is 60.8 Å². The molecular weight excluding hydrogens is 354 g/mol. The van der Waals surface area contributed by atoms with Gasteiger partial charge in [-0.25, -0.2) is 0 Å². The Hall–Kier alpha value is -3.54. The average Bonchev–Trinajstić information content (AvgIpc) is 3.01. The van der Waals surface area contributed by atoms with E-state index in [4.69, 9.17) is 9.47 Å². The number of nitrogens with zero attached hydrogens (tertiary/aromatic N) is 2. The molecule has 6 heteroatoms. The van der Waals surface area contributed by atoms with Crippen LogP contribution < -0.4 is 19.7 Å². The van der Waals surface area contributed by atoms with E-state index >= 15 is 0 Å². The first-order valence-corrected chi connectivity index (χ1v) is 8.96. The predicted octanol–water partition coefficient (Wildman–Crippen LogP) is 4.18. The molecule has 1 N–H and O–H groups in total. The van der Waals surface area contributed by atoms with Crippen molar-refractivity contribution in [3.63, 3.8) is 0 Å². The van der Waals surface area contributed by atoms with E-state index in [-0.39, 0.29) is 5.91 Å². The van der Waals surface area contributed by atoms with Crippen molar-refractivity contribution in [3.8, 4) is 11.5 Å². The zero-order chi connectivity index (χ0) is 19.7. The molecular formula is C22H21N3O3. The molecule has 2 aromatic carbocycles. The molecule has 1 aromatic heterocycles. The lowest BCUT2D eigenvalue weighted by molar-refractivity contribution is 0.0993. The van der Waals surface area contributed by atoms with Crippen LogP contribution in [-0.2, 0) is 0 Å². The summed E-state index contributed by atoms with van der Waals surface area (Å²) in [5.74, 6) is 1.23. The Morgan fingerprint density at radius 3 is 2.54 bits per heavy atom. The highest BCUT2D eigenvalue weighted by Gasteiger charge is 2.39. The Balaban J connectivity index is 1.78. The first kappa shape index (κ1) is 17.9. The minimum absolute atomic E-state index is 0.0862. The van der Waals surface area contributed by atoms with Gasteiger partial charge in [0.05, 0.1) is 31.2 Å². The summed E-state index contributed by atoms with van der Waals surface area (Å²) in [6.45, 7) is 2.02. The number of ether oxygens (including phenoxy) is 2. The van der Waals surface area contributed by atoms with Gasteiger partial charge in [-0.3, -0.25) is 14.7 Å². The second kappa shape index (κ2) is 7.23. The number of amides is 1. The number of rotatable bonds is 5. The minimum Gasteiger partial charge on any atom is -0.497 e. The van der Waals surface area contributed by atoms with Crippen molar-refractivity contribution in [2.75, 3.05) is 24.4 Å². The van der Waals surface area contributed by atoms with Crippen LogP contribution in [0.5, 0.6) is 11.5 Å². The van der Waals surface area contributed by atoms with E-state index in [1.165, 1.54) is 0 Å². The van der Waals surface area contributed by atoms with Gasteiger partial charge < -0.3 is 14.8 Å². The van der Waals surface area contributed by atoms with Gasteiger partial charge in [-0.2, -0.15) is 0 Å². The Kier molecular flexibility index (Phi) is 4.61. The molecule has 6 nitrogen and oxygen atoms in total. The maximum Gasteiger partial charge on any atom is 0.262 e. The van der Waals surface area contributed by atoms with Gasteiger partial charge in [-0.05, 0) is 43.3 Å². The van der Waals surface area contributed by atoms with Crippen molar-refractivity contribution in [1.29, 1.82) is 0 Å². The molecule has 2 heterocycles. The monoisotopic (exact) mass is 375 g/mol. The Morgan fingerprint density at radius 2 is 1.82 bits per heavy atom. The third kappa shape index (κ3) is 3.03. The molecule has 4 rings (SSSR count). The number of carbonyl (C=O) groups is 1. The van der Waals surface area contributed by atoms with Crippen molar-refractivity contribution in [1.82, 2.24) is 4.98 Å². The summed E-state index contributed by atoms with van der Waals surface area (Å²) in [5.41, 5.74) is 3.96. The van der Waals surface area contributed by atoms with E-state index in [1.54, 1.807) is 43.5 Å². The van der Waals surface area contributed by atoms with E-state index < -0.39 is 6.17 Å². The number of anilines is 2. The number of aryl methyl sites for hydroxylation is 1. The maximum atomic E-state index is 13.1. The summed E-state index contributed by atoms with van der Waals surface area (Å²) < 4.78 is 10.8. The van der Waals surface area contributed by atoms with Gasteiger partial charge >= 0.3 is 0 Å². The molecule has 1 aliphatic heterocycles. The average molecular weight is 375 g/mol. The van der Waals surface area contributed by atoms with Gasteiger partial charge in [0.25, 0.3) is 5.91 Å². The highest BCUT2D eigenvalue weighted by molar-refractivity contribution is 6.11. The van der Waals surface area contributed by atoms with Gasteiger partial charge in [0, 0.05) is 18.0 Å². The number of aromatic nitrogens is 1. The highest BCUT2D eigenvalue weighted by atomic mass is 16.5. The number of pyridine rings is 1. The van der Waals surface area contributed by atoms with Crippen LogP contribution in [0.2, 0.25) is 0 Å². The SMILES string of the molecule is COc1ccc(NC2c3ncccc3C(=O)N2c2ccc(C)cc2)c(OC)c1. The van der Waals surface area contributed by atoms with Crippen LogP contribution in [0.4, 0.5) is 11.4 Å². The molecule has 1 atom stereocenters. The van der Waals surface area contributed by atoms with Crippen molar-refractivity contribution in [2.45, 2.75) is 13.1 Å². The maximum absolute atomic E-state index is 13.1. The lowest BCUT2D eigenvalue weighted by atomic mass is 10.2. The molecule has 0 saturated heterocycles. The van der Waals surface area contributed by atoms with Crippen LogP contribution >= 0.6 is 0 Å². The predicted molar refractivity (Wildman–Crippen MR) is 108 cm³/mol. The van der Waals surface area contributed by atoms with Crippen LogP contribution in [0.3, 0.4) is 0 Å². The number of hydrogen-bond acceptors (Lipinski definition) is 5. The van der Waals surface area contributed by atoms with Crippen LogP contribution in [0, 0.1) is 6.92 Å². The number of hydrogen-bond donors (Lipinski definition) is 1. The Bertz CT molecular complexity index is 1020. The van der Waals surface area contributed by atoms with Crippen molar-refractivity contribution in [3.05, 3.63) is 77.6 Å². The van der Waals surface area contributed by atoms with Gasteiger partial charge in [0.2, 0.25) is 0 Å². The molecule has 0 saturated carbocycles. The third-order valence-corrected chi connectivity index (χ3v) is 4.82. The molecule has 28 heavy (non-hydrogen) atoms. The molecule has 0 fully saturated rings. The second-order valence-electron chi connectivity index (χ2n) is 6.56. The summed E-state index contributed by atoms with van der Waals surface area (Å²) in [5, 5.41) is 3.42. The number of nitrogens with one attached hydrogen (secondary N) is 1. The van der Waals surface area contributed by atoms with E-state index in [0.29, 0.717) is 22.8 Å². The molecule has 0 spiro atoms. The van der Waals surface area contributed by atoms with Crippen LogP contribution in [-0.4, -0.2) is 25.1 Å². The molecule has 1 aliphatic rings. The Morgan fingerprint density at radius 1 is 1.04 bits per heavy atom. The first-order valence-electron chi connectivity index (χ1n) is 8.96. The first-order chi connectivity index (χ1) is 13.6. The topological polar surface area (TPSA) is 63.7 Å². The van der Waals surface area contributed by atoms with Crippen molar-refractivity contribution < 1.29 is 14.3 Å². The minimum atomic E-state index is -0.450. The molecule has 0 aliphatic carbocycles. The fourth-order valence-electron chi connectivity index (χ4n) is 3.36. The summed E-state index contributed by atoms with van der Waals surface area (Å²) in [7, 11) is 3.21. The van der Waals surface area contributed by atoms with Gasteiger partial charge in [-0.1, -0.05) is 17.7 Å². The zero-order valence-corrected chi connectivity index (χ0v) is 16.0. The quantitative estimate of drug-likeness (QED) is 0.725. The number of benzene rings is 2. The van der Waals surface area contributed by atoms with Gasteiger partial charge in [0.1, 0.15) is 11.5 Å². The Labute approximate surface area is 163 Å². The van der Waals surface area contributed by atoms with E-state index in [9.17, 15) is 4.79 Å². The fourth-order valence-corrected chi connectivity index (χ4v) is 3.36. The van der Waals surface area contributed by atoms with Gasteiger partial charge in [-0.15, -0.1) is 0 Å². The number of fused-ring (bicyclic) bond motifs is 1. The van der Waals surface area contributed by atoms with E-state index in [1.807, 2.05) is 43.3 Å². The normalized spacial score (nSPS) is 15.3. The number of methoxy groups -OCH3 is 2. The third-order valence-electron chi connectivity index (χ3n) is 4.82. The highest BCUT2D eigenvalue weighted by Crippen LogP contribution is 2.39. The number of carbonyl (C=O) groups excluding carboxylic acids is 1. The zero-order valence-electron chi connectivity index (χ0n) is 16.0. The fraction of sp³-hybridized carbons (Fsp3) is 0.182. The summed E-state index contributed by atoms with van der Waals surface area (Å²) in [4.78, 5) is 19.3. The molecule has 1 amide bonds. The summed E-state index contributed by atoms with van der Waals surface area (Å²) in [6, 6.07) is 17.0. The largest absolute Gasteiger partial charge is 0.497 e. The standard InChI is InChI=1S/C22H21N3O3/c1-14-6-8-15(9-7-14)25-21(20-17(22(25)26)5-4-12-23-20)24-18-11-10-16(27-2)13-19(18)28-3/h4-13,21,24H,1-3H3. The van der Waals surface area contributed by atoms with E-state index in [2.05, 4.69) is 10.3 Å². The molecule has 3 aromatic rings. The van der Waals surface area contributed by atoms with Crippen LogP contribution in [0.1, 0.15) is 27.8 Å². The van der Waals surface area contributed by atoms with Crippen molar-refractivity contribution in [2.24, 2.45) is 0 Å².